The zero-order chi connectivity index (χ0) is 14.1. The van der Waals surface area contributed by atoms with Crippen LogP contribution in [0.5, 0.6) is 0 Å². The van der Waals surface area contributed by atoms with Gasteiger partial charge in [-0.2, -0.15) is 0 Å². The number of amidine groups is 1. The second kappa shape index (κ2) is 8.41. The van der Waals surface area contributed by atoms with Crippen LogP contribution in [0.15, 0.2) is 23.4 Å². The van der Waals surface area contributed by atoms with Gasteiger partial charge in [0, 0.05) is 23.6 Å². The lowest BCUT2D eigenvalue weighted by molar-refractivity contribution is 0.318. The van der Waals surface area contributed by atoms with Crippen LogP contribution in [-0.2, 0) is 6.54 Å². The Labute approximate surface area is 118 Å². The summed E-state index contributed by atoms with van der Waals surface area (Å²) in [5.41, 5.74) is 7.07. The molecule has 19 heavy (non-hydrogen) atoms. The number of nitrogens with zero attached hydrogens (tertiary/aromatic N) is 1. The molecular weight excluding hydrogens is 262 g/mol. The molecule has 0 heterocycles. The number of hydrogen-bond acceptors (Lipinski definition) is 3. The summed E-state index contributed by atoms with van der Waals surface area (Å²) in [6.07, 6.45) is 8.07. The molecule has 0 fully saturated rings. The minimum absolute atomic E-state index is 0.0516. The highest BCUT2D eigenvalue weighted by molar-refractivity contribution is 6.31. The van der Waals surface area contributed by atoms with Crippen molar-refractivity contribution in [2.45, 2.75) is 25.8 Å². The van der Waals surface area contributed by atoms with Gasteiger partial charge in [0.1, 0.15) is 0 Å². The maximum absolute atomic E-state index is 8.59. The zero-order valence-electron chi connectivity index (χ0n) is 10.7. The van der Waals surface area contributed by atoms with E-state index in [0.717, 1.165) is 31.4 Å². The summed E-state index contributed by atoms with van der Waals surface area (Å²) in [5, 5.41) is 15.4. The van der Waals surface area contributed by atoms with E-state index in [4.69, 9.17) is 29.0 Å². The van der Waals surface area contributed by atoms with Crippen molar-refractivity contribution >= 4 is 17.4 Å². The van der Waals surface area contributed by atoms with Crippen LogP contribution < -0.4 is 11.1 Å². The number of nitrogens with one attached hydrogen (secondary N) is 1. The fraction of sp³-hybridized carbons (Fsp3) is 0.357. The van der Waals surface area contributed by atoms with Crippen LogP contribution in [0.2, 0.25) is 5.02 Å². The summed E-state index contributed by atoms with van der Waals surface area (Å²) < 4.78 is 0. The number of halogens is 1. The van der Waals surface area contributed by atoms with E-state index in [0.29, 0.717) is 17.1 Å². The van der Waals surface area contributed by atoms with Gasteiger partial charge in [-0.3, -0.25) is 0 Å². The molecule has 0 spiro atoms. The van der Waals surface area contributed by atoms with Crippen molar-refractivity contribution in [1.29, 1.82) is 0 Å². The number of rotatable bonds is 7. The Balaban J connectivity index is 2.45. The smallest absolute Gasteiger partial charge is 0.170 e. The number of terminal acetylenes is 1. The molecule has 0 saturated carbocycles. The van der Waals surface area contributed by atoms with Crippen molar-refractivity contribution in [2.75, 3.05) is 6.54 Å². The van der Waals surface area contributed by atoms with Crippen molar-refractivity contribution < 1.29 is 5.21 Å². The normalized spacial score (nSPS) is 11.3. The molecule has 0 saturated heterocycles. The fourth-order valence-electron chi connectivity index (χ4n) is 1.61. The molecule has 4 nitrogen and oxygen atoms in total. The number of nitrogens with two attached hydrogens (primary N) is 1. The van der Waals surface area contributed by atoms with E-state index in [9.17, 15) is 0 Å². The standard InChI is InChI=1S/C14H18ClN3O/c1-2-3-4-5-8-17-10-12-7-6-11(9-13(12)15)14(16)18-19/h1,6-7,9,17,19H,3-5,8,10H2,(H2,16,18). The first kappa shape index (κ1) is 15.4. The summed E-state index contributed by atoms with van der Waals surface area (Å²) >= 11 is 6.13. The van der Waals surface area contributed by atoms with E-state index < -0.39 is 0 Å². The monoisotopic (exact) mass is 279 g/mol. The lowest BCUT2D eigenvalue weighted by Gasteiger charge is -2.08. The van der Waals surface area contributed by atoms with Gasteiger partial charge < -0.3 is 16.3 Å². The topological polar surface area (TPSA) is 70.6 Å². The van der Waals surface area contributed by atoms with Gasteiger partial charge in [-0.05, 0) is 31.0 Å². The molecule has 0 aliphatic carbocycles. The Hall–Kier alpha value is -1.70. The molecule has 0 bridgehead atoms. The van der Waals surface area contributed by atoms with E-state index in [2.05, 4.69) is 16.4 Å². The summed E-state index contributed by atoms with van der Waals surface area (Å²) in [7, 11) is 0. The third kappa shape index (κ3) is 5.21. The lowest BCUT2D eigenvalue weighted by atomic mass is 10.1. The van der Waals surface area contributed by atoms with Crippen LogP contribution in [0.25, 0.3) is 0 Å². The minimum atomic E-state index is 0.0516. The molecule has 0 radical (unpaired) electrons. The van der Waals surface area contributed by atoms with E-state index in [1.165, 1.54) is 0 Å². The van der Waals surface area contributed by atoms with Crippen LogP contribution in [0.4, 0.5) is 0 Å². The molecule has 1 rings (SSSR count). The van der Waals surface area contributed by atoms with Crippen molar-refractivity contribution in [3.8, 4) is 12.3 Å². The van der Waals surface area contributed by atoms with Crippen LogP contribution in [-0.4, -0.2) is 17.6 Å². The Morgan fingerprint density at radius 2 is 2.26 bits per heavy atom. The largest absolute Gasteiger partial charge is 0.409 e. The maximum atomic E-state index is 8.59. The average Bonchev–Trinajstić information content (AvgIpc) is 2.43. The Morgan fingerprint density at radius 3 is 2.89 bits per heavy atom. The van der Waals surface area contributed by atoms with Crippen molar-refractivity contribution in [2.24, 2.45) is 10.9 Å². The molecule has 0 unspecified atom stereocenters. The molecular formula is C14H18ClN3O. The maximum Gasteiger partial charge on any atom is 0.170 e. The lowest BCUT2D eigenvalue weighted by Crippen LogP contribution is -2.16. The van der Waals surface area contributed by atoms with Crippen molar-refractivity contribution in [1.82, 2.24) is 5.32 Å². The predicted molar refractivity (Wildman–Crippen MR) is 78.4 cm³/mol. The molecule has 4 N–H and O–H groups in total. The van der Waals surface area contributed by atoms with E-state index in [1.54, 1.807) is 12.1 Å². The van der Waals surface area contributed by atoms with Gasteiger partial charge in [-0.1, -0.05) is 28.9 Å². The van der Waals surface area contributed by atoms with Gasteiger partial charge in [0.25, 0.3) is 0 Å². The SMILES string of the molecule is C#CCCCCNCc1ccc(/C(N)=N\O)cc1Cl. The van der Waals surface area contributed by atoms with Gasteiger partial charge in [-0.15, -0.1) is 12.3 Å². The molecule has 0 atom stereocenters. The predicted octanol–water partition coefficient (Wildman–Crippen LogP) is 2.33. The summed E-state index contributed by atoms with van der Waals surface area (Å²) in [6.45, 7) is 1.59. The number of oxime groups is 1. The number of unbranched alkanes of at least 4 members (excludes halogenated alkanes) is 2. The highest BCUT2D eigenvalue weighted by Crippen LogP contribution is 2.17. The minimum Gasteiger partial charge on any atom is -0.409 e. The molecule has 102 valence electrons. The number of benzene rings is 1. The van der Waals surface area contributed by atoms with Gasteiger partial charge >= 0.3 is 0 Å². The second-order valence-corrected chi connectivity index (χ2v) is 4.54. The molecule has 1 aromatic rings. The van der Waals surface area contributed by atoms with Crippen LogP contribution in [0.3, 0.4) is 0 Å². The third-order valence-electron chi connectivity index (χ3n) is 2.70. The highest BCUT2D eigenvalue weighted by atomic mass is 35.5. The van der Waals surface area contributed by atoms with Gasteiger partial charge in [0.15, 0.2) is 5.84 Å². The van der Waals surface area contributed by atoms with Crippen molar-refractivity contribution in [3.05, 3.63) is 34.3 Å². The summed E-state index contributed by atoms with van der Waals surface area (Å²) in [4.78, 5) is 0. The van der Waals surface area contributed by atoms with Gasteiger partial charge in [0.2, 0.25) is 0 Å². The summed E-state index contributed by atoms with van der Waals surface area (Å²) in [6, 6.07) is 5.33. The summed E-state index contributed by atoms with van der Waals surface area (Å²) in [5.74, 6) is 2.67. The fourth-order valence-corrected chi connectivity index (χ4v) is 1.86. The van der Waals surface area contributed by atoms with Crippen LogP contribution >= 0.6 is 11.6 Å². The third-order valence-corrected chi connectivity index (χ3v) is 3.05. The first-order chi connectivity index (χ1) is 9.19. The molecule has 0 aromatic heterocycles. The van der Waals surface area contributed by atoms with Gasteiger partial charge in [0.05, 0.1) is 0 Å². The average molecular weight is 280 g/mol. The zero-order valence-corrected chi connectivity index (χ0v) is 11.5. The molecule has 0 aliphatic heterocycles. The van der Waals surface area contributed by atoms with Crippen LogP contribution in [0, 0.1) is 12.3 Å². The first-order valence-electron chi connectivity index (χ1n) is 6.09. The molecule has 0 aliphatic rings. The van der Waals surface area contributed by atoms with E-state index in [-0.39, 0.29) is 5.84 Å². The second-order valence-electron chi connectivity index (χ2n) is 4.13. The van der Waals surface area contributed by atoms with E-state index in [1.807, 2.05) is 6.07 Å². The molecule has 0 amide bonds. The van der Waals surface area contributed by atoms with Crippen molar-refractivity contribution in [3.63, 3.8) is 0 Å². The number of hydrogen-bond donors (Lipinski definition) is 3. The Kier molecular flexibility index (Phi) is 6.80. The quantitative estimate of drug-likeness (QED) is 0.179. The Bertz CT molecular complexity index is 480. The van der Waals surface area contributed by atoms with E-state index >= 15 is 0 Å². The first-order valence-corrected chi connectivity index (χ1v) is 6.47. The van der Waals surface area contributed by atoms with Gasteiger partial charge in [-0.25, -0.2) is 0 Å². The van der Waals surface area contributed by atoms with Crippen LogP contribution in [0.1, 0.15) is 30.4 Å². The molecule has 1 aromatic carbocycles. The molecule has 5 heteroatoms. The Morgan fingerprint density at radius 1 is 1.47 bits per heavy atom. The highest BCUT2D eigenvalue weighted by Gasteiger charge is 2.04.